The zero-order valence-electron chi connectivity index (χ0n) is 7.35. The number of nitrogens with one attached hydrogen (secondary N) is 1. The van der Waals surface area contributed by atoms with E-state index >= 15 is 0 Å². The Bertz CT molecular complexity index is 337. The Hall–Kier alpha value is -0.980. The number of rotatable bonds is 0. The predicted octanol–water partition coefficient (Wildman–Crippen LogP) is 2.50. The highest BCUT2D eigenvalue weighted by Crippen LogP contribution is 2.48. The molecular formula is C11H13N. The van der Waals surface area contributed by atoms with E-state index in [1.54, 1.807) is 0 Å². The molecule has 1 spiro atoms. The third kappa shape index (κ3) is 0.795. The van der Waals surface area contributed by atoms with Crippen molar-refractivity contribution in [1.29, 1.82) is 0 Å². The van der Waals surface area contributed by atoms with E-state index in [0.29, 0.717) is 5.54 Å². The fourth-order valence-corrected chi connectivity index (χ4v) is 2.11. The van der Waals surface area contributed by atoms with Gasteiger partial charge in [-0.05, 0) is 43.4 Å². The van der Waals surface area contributed by atoms with Gasteiger partial charge in [-0.15, -0.1) is 0 Å². The second-order valence-electron chi connectivity index (χ2n) is 4.24. The molecule has 0 bridgehead atoms. The molecule has 1 heterocycles. The van der Waals surface area contributed by atoms with E-state index in [1.807, 2.05) is 0 Å². The van der Waals surface area contributed by atoms with Crippen LogP contribution >= 0.6 is 0 Å². The molecule has 12 heavy (non-hydrogen) atoms. The molecule has 0 saturated heterocycles. The second kappa shape index (κ2) is 1.85. The Morgan fingerprint density at radius 1 is 1.33 bits per heavy atom. The van der Waals surface area contributed by atoms with Crippen molar-refractivity contribution in [3.8, 4) is 0 Å². The maximum atomic E-state index is 3.63. The summed E-state index contributed by atoms with van der Waals surface area (Å²) in [4.78, 5) is 0. The van der Waals surface area contributed by atoms with Crippen molar-refractivity contribution in [1.82, 2.24) is 0 Å². The maximum Gasteiger partial charge on any atom is 0.0416 e. The summed E-state index contributed by atoms with van der Waals surface area (Å²) in [5.41, 5.74) is 4.75. The summed E-state index contributed by atoms with van der Waals surface area (Å²) in [6.45, 7) is 2.15. The average Bonchev–Trinajstić information content (AvgIpc) is 2.63. The van der Waals surface area contributed by atoms with Crippen LogP contribution in [0.25, 0.3) is 0 Å². The second-order valence-corrected chi connectivity index (χ2v) is 4.24. The molecule has 1 saturated carbocycles. The summed E-state index contributed by atoms with van der Waals surface area (Å²) in [5, 5.41) is 3.63. The van der Waals surface area contributed by atoms with Crippen LogP contribution in [0, 0.1) is 6.92 Å². The Morgan fingerprint density at radius 2 is 2.17 bits per heavy atom. The van der Waals surface area contributed by atoms with Gasteiger partial charge in [0.2, 0.25) is 0 Å². The fourth-order valence-electron chi connectivity index (χ4n) is 2.11. The van der Waals surface area contributed by atoms with Gasteiger partial charge in [0.05, 0.1) is 0 Å². The molecular weight excluding hydrogens is 146 g/mol. The van der Waals surface area contributed by atoms with Crippen molar-refractivity contribution in [2.45, 2.75) is 31.7 Å². The highest BCUT2D eigenvalue weighted by Gasteiger charge is 2.46. The highest BCUT2D eigenvalue weighted by molar-refractivity contribution is 5.62. The third-order valence-corrected chi connectivity index (χ3v) is 3.05. The monoisotopic (exact) mass is 159 g/mol. The average molecular weight is 159 g/mol. The minimum Gasteiger partial charge on any atom is -0.379 e. The van der Waals surface area contributed by atoms with Crippen LogP contribution in [0.15, 0.2) is 18.2 Å². The Labute approximate surface area is 72.8 Å². The SMILES string of the molecule is Cc1ccc2c(c1)NC1(CC1)C2. The fraction of sp³-hybridized carbons (Fsp3) is 0.455. The molecule has 1 aromatic carbocycles. The zero-order valence-corrected chi connectivity index (χ0v) is 7.35. The van der Waals surface area contributed by atoms with Gasteiger partial charge in [0.1, 0.15) is 0 Å². The summed E-state index contributed by atoms with van der Waals surface area (Å²) >= 11 is 0. The largest absolute Gasteiger partial charge is 0.379 e. The number of hydrogen-bond donors (Lipinski definition) is 1. The van der Waals surface area contributed by atoms with Gasteiger partial charge in [0.25, 0.3) is 0 Å². The summed E-state index contributed by atoms with van der Waals surface area (Å²) < 4.78 is 0. The van der Waals surface area contributed by atoms with Crippen molar-refractivity contribution in [2.24, 2.45) is 0 Å². The minimum absolute atomic E-state index is 0.496. The number of benzene rings is 1. The normalized spacial score (nSPS) is 22.1. The van der Waals surface area contributed by atoms with Crippen molar-refractivity contribution >= 4 is 5.69 Å². The van der Waals surface area contributed by atoms with Gasteiger partial charge in [0.15, 0.2) is 0 Å². The van der Waals surface area contributed by atoms with Gasteiger partial charge in [-0.3, -0.25) is 0 Å². The quantitative estimate of drug-likeness (QED) is 0.613. The van der Waals surface area contributed by atoms with Crippen LogP contribution in [0.5, 0.6) is 0 Å². The molecule has 1 N–H and O–H groups in total. The van der Waals surface area contributed by atoms with Crippen LogP contribution in [0.2, 0.25) is 0 Å². The molecule has 1 aliphatic carbocycles. The minimum atomic E-state index is 0.496. The van der Waals surface area contributed by atoms with Crippen molar-refractivity contribution in [3.63, 3.8) is 0 Å². The van der Waals surface area contributed by atoms with Crippen LogP contribution in [-0.4, -0.2) is 5.54 Å². The van der Waals surface area contributed by atoms with Gasteiger partial charge in [0, 0.05) is 11.2 Å². The molecule has 2 aliphatic rings. The molecule has 1 aliphatic heterocycles. The van der Waals surface area contributed by atoms with E-state index in [4.69, 9.17) is 0 Å². The van der Waals surface area contributed by atoms with Crippen LogP contribution in [0.3, 0.4) is 0 Å². The standard InChI is InChI=1S/C11H13N/c1-8-2-3-9-7-11(4-5-11)12-10(9)6-8/h2-3,6,12H,4-5,7H2,1H3. The molecule has 1 heteroatoms. The van der Waals surface area contributed by atoms with E-state index in [1.165, 1.54) is 36.1 Å². The predicted molar refractivity (Wildman–Crippen MR) is 50.5 cm³/mol. The molecule has 1 aromatic rings. The Balaban J connectivity index is 2.07. The topological polar surface area (TPSA) is 12.0 Å². The van der Waals surface area contributed by atoms with E-state index in [2.05, 4.69) is 30.4 Å². The van der Waals surface area contributed by atoms with Gasteiger partial charge in [-0.1, -0.05) is 12.1 Å². The molecule has 0 amide bonds. The lowest BCUT2D eigenvalue weighted by Gasteiger charge is -2.05. The molecule has 62 valence electrons. The van der Waals surface area contributed by atoms with E-state index in [0.717, 1.165) is 0 Å². The molecule has 0 unspecified atom stereocenters. The third-order valence-electron chi connectivity index (χ3n) is 3.05. The summed E-state index contributed by atoms with van der Waals surface area (Å²) in [6, 6.07) is 6.75. The first kappa shape index (κ1) is 6.53. The molecule has 1 nitrogen and oxygen atoms in total. The number of hydrogen-bond acceptors (Lipinski definition) is 1. The lowest BCUT2D eigenvalue weighted by Crippen LogP contribution is -2.15. The smallest absolute Gasteiger partial charge is 0.0416 e. The number of anilines is 1. The first-order valence-corrected chi connectivity index (χ1v) is 4.65. The maximum absolute atomic E-state index is 3.63. The number of aryl methyl sites for hydroxylation is 1. The molecule has 0 atom stereocenters. The lowest BCUT2D eigenvalue weighted by atomic mass is 10.1. The Kier molecular flexibility index (Phi) is 1.00. The first-order chi connectivity index (χ1) is 5.77. The van der Waals surface area contributed by atoms with Crippen molar-refractivity contribution in [2.75, 3.05) is 5.32 Å². The Morgan fingerprint density at radius 3 is 2.92 bits per heavy atom. The van der Waals surface area contributed by atoms with Gasteiger partial charge in [-0.25, -0.2) is 0 Å². The van der Waals surface area contributed by atoms with Crippen molar-refractivity contribution < 1.29 is 0 Å². The van der Waals surface area contributed by atoms with Crippen LogP contribution < -0.4 is 5.32 Å². The summed E-state index contributed by atoms with van der Waals surface area (Å²) in [5.74, 6) is 0. The van der Waals surface area contributed by atoms with Gasteiger partial charge < -0.3 is 5.32 Å². The van der Waals surface area contributed by atoms with Crippen LogP contribution in [0.4, 0.5) is 5.69 Å². The molecule has 0 aromatic heterocycles. The molecule has 1 fully saturated rings. The molecule has 3 rings (SSSR count). The van der Waals surface area contributed by atoms with E-state index in [9.17, 15) is 0 Å². The molecule has 0 radical (unpaired) electrons. The van der Waals surface area contributed by atoms with Crippen molar-refractivity contribution in [3.05, 3.63) is 29.3 Å². The summed E-state index contributed by atoms with van der Waals surface area (Å²) in [6.07, 6.45) is 3.98. The number of fused-ring (bicyclic) bond motifs is 1. The zero-order chi connectivity index (χ0) is 8.18. The van der Waals surface area contributed by atoms with Gasteiger partial charge in [-0.2, -0.15) is 0 Å². The summed E-state index contributed by atoms with van der Waals surface area (Å²) in [7, 11) is 0. The van der Waals surface area contributed by atoms with E-state index < -0.39 is 0 Å². The van der Waals surface area contributed by atoms with Crippen LogP contribution in [0.1, 0.15) is 24.0 Å². The first-order valence-electron chi connectivity index (χ1n) is 4.65. The van der Waals surface area contributed by atoms with Gasteiger partial charge >= 0.3 is 0 Å². The highest BCUT2D eigenvalue weighted by atomic mass is 15.1. The lowest BCUT2D eigenvalue weighted by molar-refractivity contribution is 0.771. The van der Waals surface area contributed by atoms with Crippen LogP contribution in [-0.2, 0) is 6.42 Å². The van der Waals surface area contributed by atoms with E-state index in [-0.39, 0.29) is 0 Å².